The molecule has 1 heterocycles. The lowest BCUT2D eigenvalue weighted by Gasteiger charge is -2.26. The zero-order valence-electron chi connectivity index (χ0n) is 14.6. The molecule has 27 heavy (non-hydrogen) atoms. The molecule has 0 radical (unpaired) electrons. The number of hydrogen-bond acceptors (Lipinski definition) is 5. The summed E-state index contributed by atoms with van der Waals surface area (Å²) in [6.45, 7) is 5.56. The van der Waals surface area contributed by atoms with Crippen molar-refractivity contribution in [2.45, 2.75) is 19.3 Å². The summed E-state index contributed by atoms with van der Waals surface area (Å²) in [6.07, 6.45) is 3.28. The van der Waals surface area contributed by atoms with E-state index in [1.165, 1.54) is 6.42 Å². The van der Waals surface area contributed by atoms with Gasteiger partial charge in [0, 0.05) is 18.1 Å². The third-order valence-corrected chi connectivity index (χ3v) is 4.39. The SMILES string of the molecule is Clc1cc(Cl)c(OCCCCCN2CCOCC2)c(Cl)c1.O=C(O)C(=O)O. The van der Waals surface area contributed by atoms with Gasteiger partial charge in [0.2, 0.25) is 0 Å². The molecule has 0 atom stereocenters. The predicted molar refractivity (Wildman–Crippen MR) is 103 cm³/mol. The smallest absolute Gasteiger partial charge is 0.414 e. The molecule has 0 aliphatic carbocycles. The van der Waals surface area contributed by atoms with Crippen LogP contribution in [0.1, 0.15) is 19.3 Å². The van der Waals surface area contributed by atoms with Crippen LogP contribution in [0.2, 0.25) is 15.1 Å². The maximum Gasteiger partial charge on any atom is 0.414 e. The van der Waals surface area contributed by atoms with Gasteiger partial charge in [0.1, 0.15) is 0 Å². The number of ether oxygens (including phenoxy) is 2. The Bertz CT molecular complexity index is 588. The zero-order valence-corrected chi connectivity index (χ0v) is 16.9. The number of hydrogen-bond donors (Lipinski definition) is 2. The van der Waals surface area contributed by atoms with Crippen LogP contribution in [0, 0.1) is 0 Å². The van der Waals surface area contributed by atoms with Crippen molar-refractivity contribution in [3.05, 3.63) is 27.2 Å². The van der Waals surface area contributed by atoms with Crippen molar-refractivity contribution in [1.82, 2.24) is 4.90 Å². The molecule has 2 rings (SSSR count). The molecule has 0 bridgehead atoms. The number of halogens is 3. The third kappa shape index (κ3) is 10.0. The Labute approximate surface area is 172 Å². The topological polar surface area (TPSA) is 96.3 Å². The lowest BCUT2D eigenvalue weighted by Crippen LogP contribution is -2.36. The number of nitrogens with zero attached hydrogens (tertiary/aromatic N) is 1. The van der Waals surface area contributed by atoms with Gasteiger partial charge in [0.15, 0.2) is 5.75 Å². The Morgan fingerprint density at radius 1 is 1.00 bits per heavy atom. The highest BCUT2D eigenvalue weighted by Crippen LogP contribution is 2.35. The maximum absolute atomic E-state index is 9.10. The van der Waals surface area contributed by atoms with E-state index in [-0.39, 0.29) is 0 Å². The van der Waals surface area contributed by atoms with E-state index in [4.69, 9.17) is 64.1 Å². The van der Waals surface area contributed by atoms with E-state index in [1.807, 2.05) is 0 Å². The summed E-state index contributed by atoms with van der Waals surface area (Å²) in [5.41, 5.74) is 0. The molecule has 1 aromatic carbocycles. The summed E-state index contributed by atoms with van der Waals surface area (Å²) >= 11 is 18.0. The average Bonchev–Trinajstić information content (AvgIpc) is 2.61. The van der Waals surface area contributed by atoms with E-state index in [1.54, 1.807) is 12.1 Å². The fourth-order valence-corrected chi connectivity index (χ4v) is 3.21. The monoisotopic (exact) mass is 441 g/mol. The highest BCUT2D eigenvalue weighted by molar-refractivity contribution is 6.40. The van der Waals surface area contributed by atoms with Crippen molar-refractivity contribution >= 4 is 46.7 Å². The van der Waals surface area contributed by atoms with Crippen LogP contribution in [0.3, 0.4) is 0 Å². The van der Waals surface area contributed by atoms with Crippen molar-refractivity contribution in [3.63, 3.8) is 0 Å². The van der Waals surface area contributed by atoms with Crippen molar-refractivity contribution in [1.29, 1.82) is 0 Å². The summed E-state index contributed by atoms with van der Waals surface area (Å²) in [5.74, 6) is -3.12. The van der Waals surface area contributed by atoms with Crippen LogP contribution >= 0.6 is 34.8 Å². The van der Waals surface area contributed by atoms with E-state index in [0.29, 0.717) is 27.4 Å². The van der Waals surface area contributed by atoms with Gasteiger partial charge in [-0.1, -0.05) is 34.8 Å². The Kier molecular flexibility index (Phi) is 11.5. The third-order valence-electron chi connectivity index (χ3n) is 3.61. The summed E-state index contributed by atoms with van der Waals surface area (Å²) in [7, 11) is 0. The van der Waals surface area contributed by atoms with Crippen LogP contribution in [-0.4, -0.2) is 66.5 Å². The van der Waals surface area contributed by atoms with Crippen molar-refractivity contribution in [3.8, 4) is 5.75 Å². The number of unbranched alkanes of at least 4 members (excludes halogenated alkanes) is 2. The second kappa shape index (κ2) is 13.0. The van der Waals surface area contributed by atoms with Gasteiger partial charge in [-0.15, -0.1) is 0 Å². The summed E-state index contributed by atoms with van der Waals surface area (Å²) in [6, 6.07) is 3.28. The predicted octanol–water partition coefficient (Wildman–Crippen LogP) is 3.68. The lowest BCUT2D eigenvalue weighted by molar-refractivity contribution is -0.159. The Morgan fingerprint density at radius 2 is 1.56 bits per heavy atom. The minimum Gasteiger partial charge on any atom is -0.490 e. The highest BCUT2D eigenvalue weighted by Gasteiger charge is 2.10. The van der Waals surface area contributed by atoms with Gasteiger partial charge < -0.3 is 19.7 Å². The molecule has 1 saturated heterocycles. The molecule has 10 heteroatoms. The lowest BCUT2D eigenvalue weighted by atomic mass is 10.2. The Morgan fingerprint density at radius 3 is 2.07 bits per heavy atom. The standard InChI is InChI=1S/C15H20Cl3NO2.C2H2O4/c16-12-10-13(17)15(14(18)11-12)21-7-3-1-2-4-19-5-8-20-9-6-19;3-1(4)2(5)6/h10-11H,1-9H2;(H,3,4)(H,5,6). The molecule has 1 aliphatic rings. The Balaban J connectivity index is 0.000000527. The minimum atomic E-state index is -1.82. The molecule has 0 spiro atoms. The molecule has 0 saturated carbocycles. The molecule has 152 valence electrons. The van der Waals surface area contributed by atoms with Gasteiger partial charge in [-0.3, -0.25) is 4.90 Å². The van der Waals surface area contributed by atoms with Crippen molar-refractivity contribution in [2.24, 2.45) is 0 Å². The highest BCUT2D eigenvalue weighted by atomic mass is 35.5. The van der Waals surface area contributed by atoms with Gasteiger partial charge in [0.05, 0.1) is 29.9 Å². The van der Waals surface area contributed by atoms with E-state index >= 15 is 0 Å². The molecule has 0 aromatic heterocycles. The van der Waals surface area contributed by atoms with Crippen LogP contribution in [0.4, 0.5) is 0 Å². The van der Waals surface area contributed by atoms with E-state index in [9.17, 15) is 0 Å². The molecule has 7 nitrogen and oxygen atoms in total. The summed E-state index contributed by atoms with van der Waals surface area (Å²) < 4.78 is 11.0. The first-order valence-electron chi connectivity index (χ1n) is 8.35. The number of carboxylic acids is 2. The second-order valence-corrected chi connectivity index (χ2v) is 6.92. The van der Waals surface area contributed by atoms with Crippen molar-refractivity contribution in [2.75, 3.05) is 39.5 Å². The van der Waals surface area contributed by atoms with Crippen LogP contribution in [0.5, 0.6) is 5.75 Å². The first kappa shape index (κ1) is 23.8. The maximum atomic E-state index is 9.10. The van der Waals surface area contributed by atoms with Crippen LogP contribution in [0.15, 0.2) is 12.1 Å². The summed E-state index contributed by atoms with van der Waals surface area (Å²) in [4.78, 5) is 20.6. The first-order valence-corrected chi connectivity index (χ1v) is 9.48. The summed E-state index contributed by atoms with van der Waals surface area (Å²) in [5, 5.41) is 16.2. The largest absolute Gasteiger partial charge is 0.490 e. The fraction of sp³-hybridized carbons (Fsp3) is 0.529. The molecule has 1 fully saturated rings. The van der Waals surface area contributed by atoms with Crippen LogP contribution in [0.25, 0.3) is 0 Å². The van der Waals surface area contributed by atoms with E-state index in [0.717, 1.165) is 45.7 Å². The van der Waals surface area contributed by atoms with Gasteiger partial charge in [-0.05, 0) is 37.9 Å². The van der Waals surface area contributed by atoms with Gasteiger partial charge >= 0.3 is 11.9 Å². The van der Waals surface area contributed by atoms with Crippen LogP contribution in [-0.2, 0) is 14.3 Å². The number of carboxylic acid groups (broad SMARTS) is 2. The molecule has 1 aromatic rings. The normalized spacial score (nSPS) is 14.2. The number of rotatable bonds is 7. The zero-order chi connectivity index (χ0) is 20.2. The van der Waals surface area contributed by atoms with Crippen LogP contribution < -0.4 is 4.74 Å². The first-order chi connectivity index (χ1) is 12.8. The average molecular weight is 443 g/mol. The molecule has 1 aliphatic heterocycles. The van der Waals surface area contributed by atoms with Gasteiger partial charge in [-0.2, -0.15) is 0 Å². The molecule has 0 unspecified atom stereocenters. The van der Waals surface area contributed by atoms with Gasteiger partial charge in [-0.25, -0.2) is 9.59 Å². The van der Waals surface area contributed by atoms with E-state index in [2.05, 4.69) is 4.90 Å². The second-order valence-electron chi connectivity index (χ2n) is 5.67. The number of morpholine rings is 1. The Hall–Kier alpha value is -1.25. The minimum absolute atomic E-state index is 0.459. The van der Waals surface area contributed by atoms with Crippen molar-refractivity contribution < 1.29 is 29.3 Å². The number of aliphatic carboxylic acids is 2. The fourth-order valence-electron chi connectivity index (χ4n) is 2.28. The van der Waals surface area contributed by atoms with Gasteiger partial charge in [0.25, 0.3) is 0 Å². The molecular weight excluding hydrogens is 421 g/mol. The molecule has 2 N–H and O–H groups in total. The molecule has 0 amide bonds. The van der Waals surface area contributed by atoms with E-state index < -0.39 is 11.9 Å². The number of carbonyl (C=O) groups is 2. The molecular formula is C17H22Cl3NO6. The quantitative estimate of drug-likeness (QED) is 0.491. The number of benzene rings is 1.